The second-order valence-corrected chi connectivity index (χ2v) is 7.36. The van der Waals surface area contributed by atoms with Crippen molar-refractivity contribution in [3.63, 3.8) is 0 Å². The van der Waals surface area contributed by atoms with E-state index in [-0.39, 0.29) is 11.8 Å². The van der Waals surface area contributed by atoms with Gasteiger partial charge in [-0.15, -0.1) is 0 Å². The summed E-state index contributed by atoms with van der Waals surface area (Å²) in [5.41, 5.74) is 1.49. The Hall–Kier alpha value is -2.83. The van der Waals surface area contributed by atoms with E-state index in [2.05, 4.69) is 9.88 Å². The van der Waals surface area contributed by atoms with Crippen molar-refractivity contribution in [2.24, 2.45) is 0 Å². The summed E-state index contributed by atoms with van der Waals surface area (Å²) in [5, 5.41) is 0. The van der Waals surface area contributed by atoms with Crippen molar-refractivity contribution in [1.29, 1.82) is 0 Å². The molecule has 0 N–H and O–H groups in total. The number of furan rings is 1. The molecule has 0 spiro atoms. The molecule has 0 aliphatic carbocycles. The maximum Gasteiger partial charge on any atom is 0.289 e. The highest BCUT2D eigenvalue weighted by Crippen LogP contribution is 2.20. The van der Waals surface area contributed by atoms with Gasteiger partial charge in [0.05, 0.1) is 6.26 Å². The Labute approximate surface area is 164 Å². The van der Waals surface area contributed by atoms with Crippen LogP contribution in [0.2, 0.25) is 0 Å². The van der Waals surface area contributed by atoms with Crippen molar-refractivity contribution in [1.82, 2.24) is 14.8 Å². The number of carbonyl (C=O) groups is 2. The van der Waals surface area contributed by atoms with Crippen LogP contribution >= 0.6 is 0 Å². The number of carbonyl (C=O) groups excluding carboxylic acids is 2. The number of anilines is 1. The summed E-state index contributed by atoms with van der Waals surface area (Å²) in [6, 6.07) is 7.24. The molecular weight excluding hydrogens is 356 g/mol. The van der Waals surface area contributed by atoms with Crippen LogP contribution in [-0.4, -0.2) is 65.9 Å². The number of nitrogens with zero attached hydrogens (tertiary/aromatic N) is 4. The van der Waals surface area contributed by atoms with Crippen molar-refractivity contribution >= 4 is 17.5 Å². The Morgan fingerprint density at radius 3 is 2.25 bits per heavy atom. The third-order valence-corrected chi connectivity index (χ3v) is 5.52. The van der Waals surface area contributed by atoms with Gasteiger partial charge in [0.25, 0.3) is 11.8 Å². The van der Waals surface area contributed by atoms with Crippen molar-refractivity contribution in [2.45, 2.75) is 25.7 Å². The molecule has 2 aliphatic rings. The molecule has 2 aromatic rings. The van der Waals surface area contributed by atoms with E-state index in [1.165, 1.54) is 19.1 Å². The molecule has 0 saturated carbocycles. The van der Waals surface area contributed by atoms with E-state index in [0.29, 0.717) is 37.6 Å². The highest BCUT2D eigenvalue weighted by atomic mass is 16.3. The summed E-state index contributed by atoms with van der Waals surface area (Å²) in [6.07, 6.45) is 7.74. The van der Waals surface area contributed by atoms with E-state index in [0.717, 1.165) is 31.6 Å². The lowest BCUT2D eigenvalue weighted by Gasteiger charge is -2.35. The average Bonchev–Trinajstić information content (AvgIpc) is 3.15. The number of amides is 2. The van der Waals surface area contributed by atoms with Gasteiger partial charge < -0.3 is 19.1 Å². The van der Waals surface area contributed by atoms with Crippen molar-refractivity contribution < 1.29 is 14.0 Å². The quantitative estimate of drug-likeness (QED) is 0.816. The number of aromatic nitrogens is 1. The zero-order valence-corrected chi connectivity index (χ0v) is 16.0. The Balaban J connectivity index is 1.39. The molecule has 4 heterocycles. The van der Waals surface area contributed by atoms with Crippen LogP contribution < -0.4 is 4.90 Å². The average molecular weight is 382 g/mol. The topological polar surface area (TPSA) is 69.9 Å². The monoisotopic (exact) mass is 382 g/mol. The third-order valence-electron chi connectivity index (χ3n) is 5.52. The summed E-state index contributed by atoms with van der Waals surface area (Å²) in [7, 11) is 0. The number of likely N-dealkylation sites (tertiary alicyclic amines) is 1. The minimum atomic E-state index is -0.0728. The van der Waals surface area contributed by atoms with Crippen molar-refractivity contribution in [2.75, 3.05) is 44.2 Å². The van der Waals surface area contributed by atoms with Crippen LogP contribution in [0, 0.1) is 0 Å². The molecule has 0 bridgehead atoms. The van der Waals surface area contributed by atoms with E-state index in [1.807, 2.05) is 17.0 Å². The van der Waals surface area contributed by atoms with Gasteiger partial charge in [0, 0.05) is 51.2 Å². The second-order valence-electron chi connectivity index (χ2n) is 7.36. The van der Waals surface area contributed by atoms with E-state index in [4.69, 9.17) is 4.42 Å². The smallest absolute Gasteiger partial charge is 0.289 e. The molecule has 148 valence electrons. The molecule has 7 nitrogen and oxygen atoms in total. The first-order valence-electron chi connectivity index (χ1n) is 10.1. The summed E-state index contributed by atoms with van der Waals surface area (Å²) in [4.78, 5) is 35.5. The number of hydrogen-bond acceptors (Lipinski definition) is 5. The molecule has 0 atom stereocenters. The largest absolute Gasteiger partial charge is 0.459 e. The molecule has 2 aromatic heterocycles. The highest BCUT2D eigenvalue weighted by Gasteiger charge is 2.25. The summed E-state index contributed by atoms with van der Waals surface area (Å²) >= 11 is 0. The van der Waals surface area contributed by atoms with Crippen LogP contribution in [-0.2, 0) is 0 Å². The van der Waals surface area contributed by atoms with Crippen LogP contribution in [0.15, 0.2) is 41.1 Å². The van der Waals surface area contributed by atoms with Gasteiger partial charge in [0.2, 0.25) is 0 Å². The van der Waals surface area contributed by atoms with Crippen LogP contribution in [0.25, 0.3) is 0 Å². The van der Waals surface area contributed by atoms with Gasteiger partial charge in [-0.3, -0.25) is 14.6 Å². The fraction of sp³-hybridized carbons (Fsp3) is 0.476. The van der Waals surface area contributed by atoms with Crippen LogP contribution in [0.5, 0.6) is 0 Å². The maximum atomic E-state index is 12.8. The standard InChI is InChI=1S/C21H26N4O3/c26-20(24-9-3-1-2-4-10-24)18-16-17(7-8-22-18)23-11-13-25(14-12-23)21(27)19-6-5-15-28-19/h5-8,15-16H,1-4,9-14H2. The van der Waals surface area contributed by atoms with E-state index < -0.39 is 0 Å². The predicted molar refractivity (Wildman–Crippen MR) is 105 cm³/mol. The zero-order chi connectivity index (χ0) is 19.3. The van der Waals surface area contributed by atoms with Crippen LogP contribution in [0.1, 0.15) is 46.7 Å². The first-order valence-corrected chi connectivity index (χ1v) is 10.1. The van der Waals surface area contributed by atoms with Gasteiger partial charge in [0.15, 0.2) is 5.76 Å². The number of hydrogen-bond donors (Lipinski definition) is 0. The summed E-state index contributed by atoms with van der Waals surface area (Å²) < 4.78 is 5.21. The number of piperazine rings is 1. The van der Waals surface area contributed by atoms with Gasteiger partial charge in [-0.05, 0) is 37.1 Å². The van der Waals surface area contributed by atoms with Gasteiger partial charge >= 0.3 is 0 Å². The van der Waals surface area contributed by atoms with Crippen LogP contribution in [0.3, 0.4) is 0 Å². The molecular formula is C21H26N4O3. The molecule has 2 amide bonds. The molecule has 28 heavy (non-hydrogen) atoms. The minimum Gasteiger partial charge on any atom is -0.459 e. The van der Waals surface area contributed by atoms with Crippen molar-refractivity contribution in [3.05, 3.63) is 48.2 Å². The first kappa shape index (κ1) is 18.5. The van der Waals surface area contributed by atoms with E-state index in [1.54, 1.807) is 23.2 Å². The Morgan fingerprint density at radius 2 is 1.57 bits per heavy atom. The molecule has 0 unspecified atom stereocenters. The maximum absolute atomic E-state index is 12.8. The molecule has 2 fully saturated rings. The molecule has 2 saturated heterocycles. The molecule has 7 heteroatoms. The number of pyridine rings is 1. The van der Waals surface area contributed by atoms with Crippen molar-refractivity contribution in [3.8, 4) is 0 Å². The first-order chi connectivity index (χ1) is 13.7. The molecule has 0 radical (unpaired) electrons. The van der Waals surface area contributed by atoms with Crippen LogP contribution in [0.4, 0.5) is 5.69 Å². The van der Waals surface area contributed by atoms with E-state index >= 15 is 0 Å². The highest BCUT2D eigenvalue weighted by molar-refractivity contribution is 5.93. The normalized spacial score (nSPS) is 18.1. The summed E-state index contributed by atoms with van der Waals surface area (Å²) in [6.45, 7) is 4.31. The minimum absolute atomic E-state index is 0.0235. The number of rotatable bonds is 3. The van der Waals surface area contributed by atoms with Gasteiger partial charge in [0.1, 0.15) is 5.69 Å². The Morgan fingerprint density at radius 1 is 0.857 bits per heavy atom. The summed E-state index contributed by atoms with van der Waals surface area (Å²) in [5.74, 6) is 0.328. The predicted octanol–water partition coefficient (Wildman–Crippen LogP) is 2.65. The third kappa shape index (κ3) is 4.03. The lowest BCUT2D eigenvalue weighted by molar-refractivity contribution is 0.0714. The van der Waals surface area contributed by atoms with E-state index in [9.17, 15) is 9.59 Å². The zero-order valence-electron chi connectivity index (χ0n) is 16.0. The molecule has 2 aliphatic heterocycles. The Bertz CT molecular complexity index is 805. The molecule has 4 rings (SSSR count). The fourth-order valence-corrected chi connectivity index (χ4v) is 3.89. The second kappa shape index (κ2) is 8.46. The van der Waals surface area contributed by atoms with Gasteiger partial charge in [-0.25, -0.2) is 0 Å². The Kier molecular flexibility index (Phi) is 5.60. The van der Waals surface area contributed by atoms with Gasteiger partial charge in [-0.2, -0.15) is 0 Å². The lowest BCUT2D eigenvalue weighted by Crippen LogP contribution is -2.48. The lowest BCUT2D eigenvalue weighted by atomic mass is 10.2. The van der Waals surface area contributed by atoms with Gasteiger partial charge in [-0.1, -0.05) is 12.8 Å². The SMILES string of the molecule is O=C(c1cc(N2CCN(C(=O)c3ccco3)CC2)ccn1)N1CCCCCC1. The molecule has 0 aromatic carbocycles. The fourth-order valence-electron chi connectivity index (χ4n) is 3.89.